The molecule has 1 atom stereocenters. The second-order valence-corrected chi connectivity index (χ2v) is 6.61. The molecule has 2 aliphatic rings. The van der Waals surface area contributed by atoms with Gasteiger partial charge in [-0.3, -0.25) is 9.78 Å². The number of hydrogen-bond acceptors (Lipinski definition) is 5. The molecule has 0 fully saturated rings. The fraction of sp³-hybridized carbons (Fsp3) is 0.353. The smallest absolute Gasteiger partial charge is 0.162 e. The van der Waals surface area contributed by atoms with Crippen LogP contribution in [0.25, 0.3) is 0 Å². The summed E-state index contributed by atoms with van der Waals surface area (Å²) in [5.41, 5.74) is 8.74. The quantitative estimate of drug-likeness (QED) is 0.827. The standard InChI is InChI=1S/C17H18N4O/c1-17(2)7-12-15(13(22)8-17)14(10-3-5-20-6-4-10)11(9-18)16(19)21-12/h3-6,14,21H,7-8,19H2,1-2H3. The number of nitrogens with one attached hydrogen (secondary N) is 1. The molecule has 1 aromatic heterocycles. The number of nitriles is 1. The van der Waals surface area contributed by atoms with Crippen molar-refractivity contribution in [1.82, 2.24) is 10.3 Å². The van der Waals surface area contributed by atoms with Gasteiger partial charge in [-0.25, -0.2) is 0 Å². The maximum Gasteiger partial charge on any atom is 0.162 e. The molecule has 5 heteroatoms. The predicted octanol–water partition coefficient (Wildman–Crippen LogP) is 2.11. The van der Waals surface area contributed by atoms with E-state index in [-0.39, 0.29) is 11.2 Å². The van der Waals surface area contributed by atoms with E-state index in [0.29, 0.717) is 23.4 Å². The first-order chi connectivity index (χ1) is 10.4. The highest BCUT2D eigenvalue weighted by Crippen LogP contribution is 2.45. The highest BCUT2D eigenvalue weighted by Gasteiger charge is 2.41. The van der Waals surface area contributed by atoms with Crippen LogP contribution >= 0.6 is 0 Å². The van der Waals surface area contributed by atoms with Gasteiger partial charge in [0, 0.05) is 30.1 Å². The van der Waals surface area contributed by atoms with E-state index in [1.807, 2.05) is 12.1 Å². The molecule has 0 saturated heterocycles. The van der Waals surface area contributed by atoms with E-state index in [4.69, 9.17) is 5.73 Å². The molecule has 1 aliphatic heterocycles. The molecular weight excluding hydrogens is 276 g/mol. The minimum Gasteiger partial charge on any atom is -0.384 e. The number of allylic oxidation sites excluding steroid dienone is 3. The summed E-state index contributed by atoms with van der Waals surface area (Å²) >= 11 is 0. The number of pyridine rings is 1. The summed E-state index contributed by atoms with van der Waals surface area (Å²) in [6, 6.07) is 5.83. The molecule has 1 aliphatic carbocycles. The molecule has 112 valence electrons. The Morgan fingerprint density at radius 2 is 2.05 bits per heavy atom. The summed E-state index contributed by atoms with van der Waals surface area (Å²) in [7, 11) is 0. The van der Waals surface area contributed by atoms with Gasteiger partial charge in [0.1, 0.15) is 5.82 Å². The lowest BCUT2D eigenvalue weighted by Gasteiger charge is -2.38. The predicted molar refractivity (Wildman–Crippen MR) is 82.0 cm³/mol. The van der Waals surface area contributed by atoms with E-state index < -0.39 is 5.92 Å². The number of aromatic nitrogens is 1. The molecule has 0 aromatic carbocycles. The number of nitrogens with zero attached hydrogens (tertiary/aromatic N) is 2. The van der Waals surface area contributed by atoms with Crippen LogP contribution in [0.5, 0.6) is 0 Å². The molecule has 22 heavy (non-hydrogen) atoms. The number of carbonyl (C=O) groups excluding carboxylic acids is 1. The molecule has 0 radical (unpaired) electrons. The van der Waals surface area contributed by atoms with Crippen molar-refractivity contribution in [3.05, 3.63) is 52.8 Å². The van der Waals surface area contributed by atoms with Crippen LogP contribution in [0.4, 0.5) is 0 Å². The topological polar surface area (TPSA) is 91.8 Å². The molecule has 0 amide bonds. The van der Waals surface area contributed by atoms with Crippen molar-refractivity contribution in [2.24, 2.45) is 11.1 Å². The summed E-state index contributed by atoms with van der Waals surface area (Å²) in [5.74, 6) is 0.0298. The lowest BCUT2D eigenvalue weighted by atomic mass is 9.69. The third-order valence-corrected chi connectivity index (χ3v) is 4.23. The van der Waals surface area contributed by atoms with Crippen LogP contribution in [0.2, 0.25) is 0 Å². The normalized spacial score (nSPS) is 23.7. The Morgan fingerprint density at radius 1 is 1.36 bits per heavy atom. The van der Waals surface area contributed by atoms with Crippen LogP contribution in [0.15, 0.2) is 47.2 Å². The molecule has 3 N–H and O–H groups in total. The van der Waals surface area contributed by atoms with Gasteiger partial charge in [0.15, 0.2) is 5.78 Å². The Morgan fingerprint density at radius 3 is 2.68 bits per heavy atom. The molecule has 0 bridgehead atoms. The van der Waals surface area contributed by atoms with Crippen LogP contribution in [-0.2, 0) is 4.79 Å². The number of Topliss-reactive ketones (excluding diaryl/α,β-unsaturated/α-hetero) is 1. The Labute approximate surface area is 129 Å². The molecule has 1 aromatic rings. The Kier molecular flexibility index (Phi) is 3.25. The first-order valence-corrected chi connectivity index (χ1v) is 7.26. The summed E-state index contributed by atoms with van der Waals surface area (Å²) < 4.78 is 0. The summed E-state index contributed by atoms with van der Waals surface area (Å²) in [4.78, 5) is 16.7. The number of rotatable bonds is 1. The third-order valence-electron chi connectivity index (χ3n) is 4.23. The maximum absolute atomic E-state index is 12.7. The van der Waals surface area contributed by atoms with Crippen molar-refractivity contribution in [2.75, 3.05) is 0 Å². The second kappa shape index (κ2) is 4.99. The van der Waals surface area contributed by atoms with Crippen LogP contribution in [0.1, 0.15) is 38.2 Å². The Balaban J connectivity index is 2.18. The SMILES string of the molecule is CC1(C)CC(=O)C2=C(C1)NC(N)=C(C#N)C2c1ccncc1. The summed E-state index contributed by atoms with van der Waals surface area (Å²) in [5, 5.41) is 12.6. The van der Waals surface area contributed by atoms with Crippen LogP contribution in [-0.4, -0.2) is 10.8 Å². The van der Waals surface area contributed by atoms with E-state index in [0.717, 1.165) is 17.7 Å². The number of hydrogen-bond donors (Lipinski definition) is 2. The van der Waals surface area contributed by atoms with Gasteiger partial charge in [-0.1, -0.05) is 13.8 Å². The number of nitrogens with two attached hydrogens (primary N) is 1. The average Bonchev–Trinajstić information content (AvgIpc) is 2.45. The highest BCUT2D eigenvalue weighted by molar-refractivity contribution is 6.00. The Hall–Kier alpha value is -2.61. The van der Waals surface area contributed by atoms with Crippen molar-refractivity contribution >= 4 is 5.78 Å². The zero-order valence-corrected chi connectivity index (χ0v) is 12.7. The van der Waals surface area contributed by atoms with Crippen LogP contribution in [0.3, 0.4) is 0 Å². The molecule has 0 saturated carbocycles. The number of dihydropyridines is 1. The monoisotopic (exact) mass is 294 g/mol. The van der Waals surface area contributed by atoms with Gasteiger partial charge in [0.2, 0.25) is 0 Å². The third kappa shape index (κ3) is 2.27. The lowest BCUT2D eigenvalue weighted by molar-refractivity contribution is -0.118. The summed E-state index contributed by atoms with van der Waals surface area (Å²) in [6.45, 7) is 4.13. The van der Waals surface area contributed by atoms with Crippen molar-refractivity contribution < 1.29 is 4.79 Å². The van der Waals surface area contributed by atoms with E-state index in [1.165, 1.54) is 0 Å². The van der Waals surface area contributed by atoms with Crippen molar-refractivity contribution in [3.8, 4) is 6.07 Å². The van der Waals surface area contributed by atoms with E-state index in [9.17, 15) is 10.1 Å². The maximum atomic E-state index is 12.7. The van der Waals surface area contributed by atoms with Gasteiger partial charge < -0.3 is 11.1 Å². The fourth-order valence-corrected chi connectivity index (χ4v) is 3.32. The number of carbonyl (C=O) groups is 1. The molecule has 5 nitrogen and oxygen atoms in total. The minimum atomic E-state index is -0.396. The fourth-order valence-electron chi connectivity index (χ4n) is 3.32. The van der Waals surface area contributed by atoms with E-state index in [2.05, 4.69) is 30.2 Å². The van der Waals surface area contributed by atoms with Gasteiger partial charge in [-0.2, -0.15) is 5.26 Å². The first kappa shape index (κ1) is 14.3. The zero-order valence-electron chi connectivity index (χ0n) is 12.7. The van der Waals surface area contributed by atoms with Gasteiger partial charge in [-0.15, -0.1) is 0 Å². The molecular formula is C17H18N4O. The van der Waals surface area contributed by atoms with E-state index >= 15 is 0 Å². The van der Waals surface area contributed by atoms with Gasteiger partial charge in [-0.05, 0) is 29.5 Å². The summed E-state index contributed by atoms with van der Waals surface area (Å²) in [6.07, 6.45) is 4.56. The first-order valence-electron chi connectivity index (χ1n) is 7.26. The van der Waals surface area contributed by atoms with E-state index in [1.54, 1.807) is 12.4 Å². The minimum absolute atomic E-state index is 0.0841. The Bertz CT molecular complexity index is 738. The van der Waals surface area contributed by atoms with Gasteiger partial charge >= 0.3 is 0 Å². The second-order valence-electron chi connectivity index (χ2n) is 6.61. The molecule has 2 heterocycles. The van der Waals surface area contributed by atoms with Gasteiger partial charge in [0.25, 0.3) is 0 Å². The lowest BCUT2D eigenvalue weighted by Crippen LogP contribution is -2.39. The largest absolute Gasteiger partial charge is 0.384 e. The van der Waals surface area contributed by atoms with Crippen molar-refractivity contribution in [1.29, 1.82) is 5.26 Å². The zero-order chi connectivity index (χ0) is 15.9. The average molecular weight is 294 g/mol. The van der Waals surface area contributed by atoms with Crippen LogP contribution < -0.4 is 11.1 Å². The van der Waals surface area contributed by atoms with Gasteiger partial charge in [0.05, 0.1) is 17.6 Å². The molecule has 3 rings (SSSR count). The van der Waals surface area contributed by atoms with Crippen molar-refractivity contribution in [3.63, 3.8) is 0 Å². The molecule has 0 spiro atoms. The number of ketones is 1. The molecule has 1 unspecified atom stereocenters. The highest BCUT2D eigenvalue weighted by atomic mass is 16.1. The van der Waals surface area contributed by atoms with Crippen LogP contribution in [0, 0.1) is 16.7 Å². The van der Waals surface area contributed by atoms with Crippen molar-refractivity contribution in [2.45, 2.75) is 32.6 Å².